The van der Waals surface area contributed by atoms with Gasteiger partial charge in [0.2, 0.25) is 6.79 Å². The number of carbonyl (C=O) groups is 1. The Labute approximate surface area is 260 Å². The van der Waals surface area contributed by atoms with Gasteiger partial charge in [-0.15, -0.1) is 0 Å². The van der Waals surface area contributed by atoms with Gasteiger partial charge in [-0.25, -0.2) is 9.79 Å². The number of esters is 1. The summed E-state index contributed by atoms with van der Waals surface area (Å²) >= 11 is 1.05. The Morgan fingerprint density at radius 1 is 1.13 bits per heavy atom. The number of aromatic nitrogens is 1. The molecule has 2 aliphatic rings. The molecule has 230 valence electrons. The molecule has 0 bridgehead atoms. The molecule has 0 aliphatic carbocycles. The summed E-state index contributed by atoms with van der Waals surface area (Å²) in [5.74, 6) is 0.932. The van der Waals surface area contributed by atoms with Crippen LogP contribution >= 0.6 is 11.3 Å². The molecular weight excluding hydrogens is 602 g/mol. The van der Waals surface area contributed by atoms with Crippen LogP contribution in [0.5, 0.6) is 23.0 Å². The average molecular weight is 630 g/mol. The van der Waals surface area contributed by atoms with Gasteiger partial charge in [0.25, 0.3) is 11.2 Å². The van der Waals surface area contributed by atoms with Gasteiger partial charge >= 0.3 is 5.97 Å². The third kappa shape index (κ3) is 5.65. The van der Waals surface area contributed by atoms with E-state index in [-0.39, 0.29) is 52.9 Å². The molecule has 6 rings (SSSR count). The smallest absolute Gasteiger partial charge is 0.338 e. The molecule has 0 saturated heterocycles. The Morgan fingerprint density at radius 2 is 1.91 bits per heavy atom. The van der Waals surface area contributed by atoms with Crippen molar-refractivity contribution in [2.24, 2.45) is 4.99 Å². The van der Waals surface area contributed by atoms with Gasteiger partial charge in [0.1, 0.15) is 12.6 Å². The van der Waals surface area contributed by atoms with E-state index in [0.29, 0.717) is 27.6 Å². The molecule has 0 N–H and O–H groups in total. The first-order valence-corrected chi connectivity index (χ1v) is 14.7. The lowest BCUT2D eigenvalue weighted by molar-refractivity contribution is -0.385. The van der Waals surface area contributed by atoms with Crippen molar-refractivity contribution in [2.45, 2.75) is 26.5 Å². The zero-order valence-corrected chi connectivity index (χ0v) is 25.3. The number of thiazole rings is 1. The quantitative estimate of drug-likeness (QED) is 0.152. The van der Waals surface area contributed by atoms with Crippen LogP contribution in [-0.2, 0) is 16.1 Å². The summed E-state index contributed by atoms with van der Waals surface area (Å²) in [6, 6.07) is 16.6. The molecular formula is C32H27N3O9S. The number of nitrogens with zero attached hydrogens (tertiary/aromatic N) is 3. The molecule has 0 amide bonds. The number of rotatable bonds is 9. The van der Waals surface area contributed by atoms with Gasteiger partial charge in [0.05, 0.1) is 40.4 Å². The summed E-state index contributed by atoms with van der Waals surface area (Å²) in [6.07, 6.45) is 1.42. The maximum Gasteiger partial charge on any atom is 0.338 e. The molecule has 45 heavy (non-hydrogen) atoms. The van der Waals surface area contributed by atoms with Gasteiger partial charge in [0, 0.05) is 5.70 Å². The van der Waals surface area contributed by atoms with E-state index in [0.717, 1.165) is 16.9 Å². The van der Waals surface area contributed by atoms with E-state index in [1.165, 1.54) is 29.9 Å². The van der Waals surface area contributed by atoms with Gasteiger partial charge in [-0.3, -0.25) is 19.5 Å². The zero-order valence-electron chi connectivity index (χ0n) is 24.5. The number of ether oxygens (including phenoxy) is 5. The Kier molecular flexibility index (Phi) is 8.09. The fraction of sp³-hybridized carbons (Fsp3) is 0.219. The van der Waals surface area contributed by atoms with E-state index in [9.17, 15) is 19.7 Å². The highest BCUT2D eigenvalue weighted by Crippen LogP contribution is 2.39. The Morgan fingerprint density at radius 3 is 2.64 bits per heavy atom. The molecule has 3 aromatic carbocycles. The number of allylic oxidation sites excluding steroid dienone is 1. The molecule has 13 heteroatoms. The second kappa shape index (κ2) is 12.3. The van der Waals surface area contributed by atoms with Gasteiger partial charge in [0.15, 0.2) is 27.8 Å². The molecule has 1 aromatic heterocycles. The topological polar surface area (TPSA) is 141 Å². The van der Waals surface area contributed by atoms with Crippen molar-refractivity contribution in [3.63, 3.8) is 0 Å². The summed E-state index contributed by atoms with van der Waals surface area (Å²) in [7, 11) is 1.43. The lowest BCUT2D eigenvalue weighted by Gasteiger charge is -2.22. The molecule has 0 radical (unpaired) electrons. The number of fused-ring (bicyclic) bond motifs is 2. The van der Waals surface area contributed by atoms with E-state index in [1.54, 1.807) is 32.0 Å². The Bertz CT molecular complexity index is 2030. The third-order valence-corrected chi connectivity index (χ3v) is 8.27. The normalized spacial score (nSPS) is 15.4. The molecule has 0 unspecified atom stereocenters. The van der Waals surface area contributed by atoms with Crippen LogP contribution in [0.15, 0.2) is 76.0 Å². The summed E-state index contributed by atoms with van der Waals surface area (Å²) in [4.78, 5) is 43.6. The van der Waals surface area contributed by atoms with E-state index in [1.807, 2.05) is 30.3 Å². The zero-order chi connectivity index (χ0) is 31.7. The molecule has 1 atom stereocenters. The fourth-order valence-corrected chi connectivity index (χ4v) is 6.16. The lowest BCUT2D eigenvalue weighted by atomic mass is 9.96. The lowest BCUT2D eigenvalue weighted by Crippen LogP contribution is -2.35. The number of hydrogen-bond acceptors (Lipinski definition) is 11. The highest BCUT2D eigenvalue weighted by atomic mass is 32.1. The standard InChI is InChI=1S/C32H27N3O9S/c1-4-41-31(37)28-18(2)34-30(36)27(45-32(34)33-29(28)20-10-11-23-25(12-20)44-17-43-23)14-21-13-24(40-3)26(15-22(21)35(38)39)42-16-19-8-6-5-7-9-19/h5-15,29H,4,16-17H2,1-3H3/b27-14-/t29-/m0/s1. The monoisotopic (exact) mass is 629 g/mol. The molecule has 0 saturated carbocycles. The van der Waals surface area contributed by atoms with Crippen LogP contribution in [-0.4, -0.2) is 36.0 Å². The van der Waals surface area contributed by atoms with Crippen LogP contribution in [0.3, 0.4) is 0 Å². The van der Waals surface area contributed by atoms with Crippen LogP contribution < -0.4 is 33.8 Å². The number of hydrogen-bond donors (Lipinski definition) is 0. The van der Waals surface area contributed by atoms with E-state index in [2.05, 4.69) is 0 Å². The maximum absolute atomic E-state index is 13.7. The largest absolute Gasteiger partial charge is 0.493 e. The molecule has 0 fully saturated rings. The van der Waals surface area contributed by atoms with Crippen molar-refractivity contribution >= 4 is 34.8 Å². The minimum atomic E-state index is -0.792. The van der Waals surface area contributed by atoms with Crippen LogP contribution in [0.4, 0.5) is 5.69 Å². The predicted octanol–water partition coefficient (Wildman–Crippen LogP) is 4.13. The van der Waals surface area contributed by atoms with E-state index < -0.39 is 22.5 Å². The van der Waals surface area contributed by atoms with Gasteiger partial charge in [-0.1, -0.05) is 47.7 Å². The fourth-order valence-electron chi connectivity index (χ4n) is 5.13. The minimum Gasteiger partial charge on any atom is -0.493 e. The molecule has 4 aromatic rings. The Balaban J connectivity index is 1.46. The summed E-state index contributed by atoms with van der Waals surface area (Å²) in [6.45, 7) is 3.73. The van der Waals surface area contributed by atoms with Crippen LogP contribution in [0.25, 0.3) is 11.8 Å². The first kappa shape index (κ1) is 29.6. The van der Waals surface area contributed by atoms with Crippen LogP contribution in [0.1, 0.15) is 36.6 Å². The number of benzene rings is 3. The van der Waals surface area contributed by atoms with Crippen molar-refractivity contribution in [3.05, 3.63) is 113 Å². The SMILES string of the molecule is CCOC(=O)C1=C(C)n2c(s/c(=C\c3cc(OC)c(OCc4ccccc4)cc3[N+](=O)[O-])c2=O)=N[C@H]1c1ccc2c(c1)OCO2. The molecule has 12 nitrogen and oxygen atoms in total. The molecule has 0 spiro atoms. The van der Waals surface area contributed by atoms with Gasteiger partial charge in [-0.2, -0.15) is 0 Å². The van der Waals surface area contributed by atoms with Crippen molar-refractivity contribution in [1.29, 1.82) is 0 Å². The molecule has 3 heterocycles. The van der Waals surface area contributed by atoms with E-state index in [4.69, 9.17) is 28.7 Å². The minimum absolute atomic E-state index is 0.0842. The second-order valence-corrected chi connectivity index (χ2v) is 11.0. The summed E-state index contributed by atoms with van der Waals surface area (Å²) in [5, 5.41) is 12.1. The van der Waals surface area contributed by atoms with Crippen LogP contribution in [0.2, 0.25) is 0 Å². The Hall–Kier alpha value is -5.43. The average Bonchev–Trinajstić information content (AvgIpc) is 3.64. The van der Waals surface area contributed by atoms with Crippen molar-refractivity contribution in [3.8, 4) is 23.0 Å². The highest BCUT2D eigenvalue weighted by Gasteiger charge is 2.32. The maximum atomic E-state index is 13.7. The second-order valence-electron chi connectivity index (χ2n) is 9.99. The van der Waals surface area contributed by atoms with Crippen molar-refractivity contribution < 1.29 is 33.4 Å². The summed E-state index contributed by atoms with van der Waals surface area (Å²) in [5.41, 5.74) is 1.44. The first-order valence-electron chi connectivity index (χ1n) is 13.9. The summed E-state index contributed by atoms with van der Waals surface area (Å²) < 4.78 is 29.1. The number of methoxy groups -OCH3 is 1. The first-order chi connectivity index (χ1) is 21.8. The number of carbonyl (C=O) groups excluding carboxylic acids is 1. The number of nitro benzene ring substituents is 1. The van der Waals surface area contributed by atoms with Crippen molar-refractivity contribution in [2.75, 3.05) is 20.5 Å². The van der Waals surface area contributed by atoms with Gasteiger partial charge < -0.3 is 23.7 Å². The highest BCUT2D eigenvalue weighted by molar-refractivity contribution is 7.07. The third-order valence-electron chi connectivity index (χ3n) is 7.29. The van der Waals surface area contributed by atoms with Crippen molar-refractivity contribution in [1.82, 2.24) is 4.57 Å². The van der Waals surface area contributed by atoms with Crippen LogP contribution in [0, 0.1) is 10.1 Å². The number of nitro groups is 1. The van der Waals surface area contributed by atoms with E-state index >= 15 is 0 Å². The van der Waals surface area contributed by atoms with Gasteiger partial charge in [-0.05, 0) is 49.2 Å². The molecule has 2 aliphatic heterocycles. The predicted molar refractivity (Wildman–Crippen MR) is 164 cm³/mol.